The topological polar surface area (TPSA) is 95.5 Å². The lowest BCUT2D eigenvalue weighted by Gasteiger charge is -2.16. The molecule has 1 fully saturated rings. The number of benzene rings is 1. The van der Waals surface area contributed by atoms with Crippen LogP contribution in [0.15, 0.2) is 24.3 Å². The van der Waals surface area contributed by atoms with Gasteiger partial charge in [0, 0.05) is 17.2 Å². The first-order valence-electron chi connectivity index (χ1n) is 7.81. The van der Waals surface area contributed by atoms with Gasteiger partial charge in [-0.3, -0.25) is 9.59 Å². The predicted octanol–water partition coefficient (Wildman–Crippen LogP) is 2.26. The van der Waals surface area contributed by atoms with Gasteiger partial charge in [0.2, 0.25) is 5.91 Å². The number of carboxylic acids is 1. The largest absolute Gasteiger partial charge is 0.480 e. The molecule has 0 aliphatic heterocycles. The van der Waals surface area contributed by atoms with Crippen LogP contribution in [0.3, 0.4) is 0 Å². The zero-order valence-corrected chi connectivity index (χ0v) is 13.3. The Morgan fingerprint density at radius 3 is 2.26 bits per heavy atom. The van der Waals surface area contributed by atoms with Crippen molar-refractivity contribution in [3.63, 3.8) is 0 Å². The van der Waals surface area contributed by atoms with E-state index in [-0.39, 0.29) is 17.7 Å². The molecule has 124 valence electrons. The monoisotopic (exact) mass is 318 g/mol. The lowest BCUT2D eigenvalue weighted by molar-refractivity contribution is -0.139. The highest BCUT2D eigenvalue weighted by atomic mass is 16.4. The number of carboxylic acid groups (broad SMARTS) is 1. The van der Waals surface area contributed by atoms with Crippen molar-refractivity contribution < 1.29 is 19.5 Å². The van der Waals surface area contributed by atoms with Crippen molar-refractivity contribution in [2.75, 3.05) is 5.32 Å². The van der Waals surface area contributed by atoms with Crippen molar-refractivity contribution in [3.05, 3.63) is 29.8 Å². The van der Waals surface area contributed by atoms with Crippen LogP contribution in [0.2, 0.25) is 0 Å². The molecular formula is C17H22N2O4. The number of carbonyl (C=O) groups is 3. The second-order valence-electron chi connectivity index (χ2n) is 6.33. The Bertz CT molecular complexity index is 591. The maximum Gasteiger partial charge on any atom is 0.326 e. The fourth-order valence-corrected chi connectivity index (χ4v) is 2.23. The average molecular weight is 318 g/mol. The van der Waals surface area contributed by atoms with Crippen LogP contribution in [0.4, 0.5) is 5.69 Å². The summed E-state index contributed by atoms with van der Waals surface area (Å²) in [5, 5.41) is 14.5. The van der Waals surface area contributed by atoms with E-state index < -0.39 is 17.9 Å². The van der Waals surface area contributed by atoms with Crippen molar-refractivity contribution in [1.82, 2.24) is 5.32 Å². The number of aliphatic carboxylic acids is 1. The average Bonchev–Trinajstić information content (AvgIpc) is 3.31. The summed E-state index contributed by atoms with van der Waals surface area (Å²) in [4.78, 5) is 35.0. The van der Waals surface area contributed by atoms with E-state index >= 15 is 0 Å². The van der Waals surface area contributed by atoms with Crippen LogP contribution in [0, 0.1) is 11.8 Å². The SMILES string of the molecule is CC(C)C[C@H](NC(=O)c1ccc(NC(=O)C2CC2)cc1)C(=O)O. The van der Waals surface area contributed by atoms with Gasteiger partial charge in [-0.05, 0) is 49.4 Å². The molecule has 1 saturated carbocycles. The molecule has 1 aromatic rings. The lowest BCUT2D eigenvalue weighted by Crippen LogP contribution is -2.41. The molecule has 23 heavy (non-hydrogen) atoms. The second-order valence-corrected chi connectivity index (χ2v) is 6.33. The van der Waals surface area contributed by atoms with Crippen LogP contribution in [-0.2, 0) is 9.59 Å². The van der Waals surface area contributed by atoms with E-state index in [1.165, 1.54) is 0 Å². The first kappa shape index (κ1) is 17.0. The minimum Gasteiger partial charge on any atom is -0.480 e. The summed E-state index contributed by atoms with van der Waals surface area (Å²) in [5.74, 6) is -1.19. The van der Waals surface area contributed by atoms with Crippen LogP contribution in [0.25, 0.3) is 0 Å². The van der Waals surface area contributed by atoms with Gasteiger partial charge in [0.05, 0.1) is 0 Å². The summed E-state index contributed by atoms with van der Waals surface area (Å²) in [5.41, 5.74) is 1.000. The molecular weight excluding hydrogens is 296 g/mol. The highest BCUT2D eigenvalue weighted by molar-refractivity contribution is 5.98. The number of carbonyl (C=O) groups excluding carboxylic acids is 2. The van der Waals surface area contributed by atoms with Crippen molar-refractivity contribution in [2.45, 2.75) is 39.2 Å². The van der Waals surface area contributed by atoms with Gasteiger partial charge in [0.1, 0.15) is 6.04 Å². The third-order valence-electron chi connectivity index (χ3n) is 3.67. The van der Waals surface area contributed by atoms with Crippen molar-refractivity contribution >= 4 is 23.5 Å². The normalized spacial score (nSPS) is 15.1. The summed E-state index contributed by atoms with van der Waals surface area (Å²) >= 11 is 0. The van der Waals surface area contributed by atoms with E-state index in [9.17, 15) is 14.4 Å². The third-order valence-corrected chi connectivity index (χ3v) is 3.67. The molecule has 0 saturated heterocycles. The molecule has 1 aromatic carbocycles. The first-order chi connectivity index (χ1) is 10.9. The smallest absolute Gasteiger partial charge is 0.326 e. The Balaban J connectivity index is 1.95. The highest BCUT2D eigenvalue weighted by Gasteiger charge is 2.29. The van der Waals surface area contributed by atoms with Gasteiger partial charge in [-0.15, -0.1) is 0 Å². The minimum absolute atomic E-state index is 0.00470. The molecule has 1 aliphatic rings. The molecule has 6 heteroatoms. The molecule has 1 aliphatic carbocycles. The second kappa shape index (κ2) is 7.26. The molecule has 2 rings (SSSR count). The summed E-state index contributed by atoms with van der Waals surface area (Å²) in [7, 11) is 0. The van der Waals surface area contributed by atoms with Gasteiger partial charge < -0.3 is 15.7 Å². The standard InChI is InChI=1S/C17H22N2O4/c1-10(2)9-14(17(22)23)19-16(21)12-5-7-13(8-6-12)18-15(20)11-3-4-11/h5-8,10-11,14H,3-4,9H2,1-2H3,(H,18,20)(H,19,21)(H,22,23)/t14-/m0/s1. The lowest BCUT2D eigenvalue weighted by atomic mass is 10.0. The molecule has 0 unspecified atom stereocenters. The van der Waals surface area contributed by atoms with E-state index in [1.807, 2.05) is 13.8 Å². The van der Waals surface area contributed by atoms with Crippen molar-refractivity contribution in [1.29, 1.82) is 0 Å². The fraction of sp³-hybridized carbons (Fsp3) is 0.471. The van der Waals surface area contributed by atoms with Crippen molar-refractivity contribution in [2.24, 2.45) is 11.8 Å². The van der Waals surface area contributed by atoms with Gasteiger partial charge in [-0.1, -0.05) is 13.8 Å². The first-order valence-corrected chi connectivity index (χ1v) is 7.81. The molecule has 3 N–H and O–H groups in total. The van der Waals surface area contributed by atoms with Crippen LogP contribution in [0.5, 0.6) is 0 Å². The zero-order chi connectivity index (χ0) is 17.0. The molecule has 2 amide bonds. The Labute approximate surface area is 135 Å². The zero-order valence-electron chi connectivity index (χ0n) is 13.3. The third kappa shape index (κ3) is 5.09. The van der Waals surface area contributed by atoms with E-state index in [0.29, 0.717) is 17.7 Å². The molecule has 0 spiro atoms. The van der Waals surface area contributed by atoms with Crippen LogP contribution < -0.4 is 10.6 Å². The van der Waals surface area contributed by atoms with Crippen LogP contribution in [-0.4, -0.2) is 28.9 Å². The van der Waals surface area contributed by atoms with E-state index in [4.69, 9.17) is 5.11 Å². The van der Waals surface area contributed by atoms with E-state index in [1.54, 1.807) is 24.3 Å². The van der Waals surface area contributed by atoms with Gasteiger partial charge in [-0.2, -0.15) is 0 Å². The van der Waals surface area contributed by atoms with Crippen LogP contribution in [0.1, 0.15) is 43.5 Å². The Morgan fingerprint density at radius 2 is 1.78 bits per heavy atom. The number of hydrogen-bond donors (Lipinski definition) is 3. The summed E-state index contributed by atoms with van der Waals surface area (Å²) < 4.78 is 0. The minimum atomic E-state index is -1.04. The van der Waals surface area contributed by atoms with Gasteiger partial charge in [0.25, 0.3) is 5.91 Å². The number of hydrogen-bond acceptors (Lipinski definition) is 3. The van der Waals surface area contributed by atoms with Crippen LogP contribution >= 0.6 is 0 Å². The van der Waals surface area contributed by atoms with E-state index in [2.05, 4.69) is 10.6 Å². The maximum absolute atomic E-state index is 12.1. The summed E-state index contributed by atoms with van der Waals surface area (Å²) in [6, 6.07) is 5.54. The Morgan fingerprint density at radius 1 is 1.17 bits per heavy atom. The number of nitrogens with one attached hydrogen (secondary N) is 2. The van der Waals surface area contributed by atoms with Gasteiger partial charge >= 0.3 is 5.97 Å². The molecule has 6 nitrogen and oxygen atoms in total. The molecule has 0 aromatic heterocycles. The number of rotatable bonds is 7. The molecule has 0 bridgehead atoms. The maximum atomic E-state index is 12.1. The molecule has 0 heterocycles. The molecule has 0 radical (unpaired) electrons. The van der Waals surface area contributed by atoms with E-state index in [0.717, 1.165) is 12.8 Å². The predicted molar refractivity (Wildman–Crippen MR) is 86.1 cm³/mol. The van der Waals surface area contributed by atoms with Gasteiger partial charge in [-0.25, -0.2) is 4.79 Å². The quantitative estimate of drug-likeness (QED) is 0.718. The highest BCUT2D eigenvalue weighted by Crippen LogP contribution is 2.30. The summed E-state index contributed by atoms with van der Waals surface area (Å²) in [6.07, 6.45) is 2.23. The Hall–Kier alpha value is -2.37. The number of anilines is 1. The Kier molecular flexibility index (Phi) is 5.36. The van der Waals surface area contributed by atoms with Crippen molar-refractivity contribution in [3.8, 4) is 0 Å². The number of amides is 2. The fourth-order valence-electron chi connectivity index (χ4n) is 2.23. The van der Waals surface area contributed by atoms with Gasteiger partial charge in [0.15, 0.2) is 0 Å². The summed E-state index contributed by atoms with van der Waals surface area (Å²) in [6.45, 7) is 3.80. The molecule has 1 atom stereocenters.